The minimum Gasteiger partial charge on any atom is -0.487 e. The molecule has 2 aromatic carbocycles. The van der Waals surface area contributed by atoms with E-state index in [1.54, 1.807) is 0 Å². The van der Waals surface area contributed by atoms with Gasteiger partial charge in [0.1, 0.15) is 18.0 Å². The third-order valence-electron chi connectivity index (χ3n) is 4.23. The number of hydrogen-bond acceptors (Lipinski definition) is 2. The lowest BCUT2D eigenvalue weighted by Crippen LogP contribution is -2.24. The molecular weight excluding hydrogens is 248 g/mol. The van der Waals surface area contributed by atoms with Crippen molar-refractivity contribution in [3.8, 4) is 5.75 Å². The normalized spacial score (nSPS) is 18.5. The van der Waals surface area contributed by atoms with E-state index in [9.17, 15) is 5.11 Å². The maximum atomic E-state index is 10.7. The van der Waals surface area contributed by atoms with Gasteiger partial charge in [-0.25, -0.2) is 0 Å². The number of fused-ring (bicyclic) bond motifs is 1. The molecule has 0 saturated carbocycles. The molecule has 1 N–H and O–H groups in total. The predicted octanol–water partition coefficient (Wildman–Crippen LogP) is 3.65. The highest BCUT2D eigenvalue weighted by Crippen LogP contribution is 2.35. The lowest BCUT2D eigenvalue weighted by atomic mass is 9.93. The Morgan fingerprint density at radius 3 is 2.50 bits per heavy atom. The summed E-state index contributed by atoms with van der Waals surface area (Å²) >= 11 is 0. The van der Waals surface area contributed by atoms with Gasteiger partial charge in [0, 0.05) is 6.42 Å². The number of rotatable bonds is 2. The molecule has 0 spiro atoms. The first kappa shape index (κ1) is 13.2. The standard InChI is InChI=1S/C18H20O2/c1-11-8-13(3)15(9-12(11)2)18(19)17-10-14-6-4-5-7-16(14)20-17/h4-9,17-19H,10H2,1-3H3. The third kappa shape index (κ3) is 2.20. The summed E-state index contributed by atoms with van der Waals surface area (Å²) in [6.07, 6.45) is -0.00104. The van der Waals surface area contributed by atoms with Crippen LogP contribution in [0.4, 0.5) is 0 Å². The molecular formula is C18H20O2. The van der Waals surface area contributed by atoms with Crippen LogP contribution in [-0.2, 0) is 6.42 Å². The zero-order chi connectivity index (χ0) is 14.3. The van der Waals surface area contributed by atoms with Crippen molar-refractivity contribution in [3.05, 3.63) is 64.2 Å². The van der Waals surface area contributed by atoms with Crippen LogP contribution in [0.2, 0.25) is 0 Å². The Morgan fingerprint density at radius 1 is 1.05 bits per heavy atom. The number of para-hydroxylation sites is 1. The summed E-state index contributed by atoms with van der Waals surface area (Å²) in [5, 5.41) is 10.7. The number of aliphatic hydroxyl groups is 1. The molecule has 2 heteroatoms. The fourth-order valence-corrected chi connectivity index (χ4v) is 2.89. The van der Waals surface area contributed by atoms with Crippen molar-refractivity contribution in [2.75, 3.05) is 0 Å². The molecule has 3 rings (SSSR count). The van der Waals surface area contributed by atoms with Crippen LogP contribution in [0.15, 0.2) is 36.4 Å². The SMILES string of the molecule is Cc1cc(C)c(C(O)C2Cc3ccccc3O2)cc1C. The minimum atomic E-state index is -0.582. The maximum absolute atomic E-state index is 10.7. The highest BCUT2D eigenvalue weighted by atomic mass is 16.5. The number of aliphatic hydroxyl groups excluding tert-OH is 1. The van der Waals surface area contributed by atoms with Gasteiger partial charge in [-0.05, 0) is 54.7 Å². The molecule has 0 radical (unpaired) electrons. The summed E-state index contributed by atoms with van der Waals surface area (Å²) in [6.45, 7) is 6.22. The molecule has 104 valence electrons. The van der Waals surface area contributed by atoms with Crippen molar-refractivity contribution >= 4 is 0 Å². The zero-order valence-corrected chi connectivity index (χ0v) is 12.2. The molecule has 0 fully saturated rings. The van der Waals surface area contributed by atoms with Crippen LogP contribution in [0.3, 0.4) is 0 Å². The number of aryl methyl sites for hydroxylation is 3. The topological polar surface area (TPSA) is 29.5 Å². The summed E-state index contributed by atoms with van der Waals surface area (Å²) in [6, 6.07) is 12.2. The lowest BCUT2D eigenvalue weighted by Gasteiger charge is -2.21. The Kier molecular flexibility index (Phi) is 3.27. The summed E-state index contributed by atoms with van der Waals surface area (Å²) < 4.78 is 5.90. The van der Waals surface area contributed by atoms with Gasteiger partial charge in [-0.1, -0.05) is 30.3 Å². The van der Waals surface area contributed by atoms with Crippen LogP contribution in [0.5, 0.6) is 5.75 Å². The van der Waals surface area contributed by atoms with Gasteiger partial charge in [-0.2, -0.15) is 0 Å². The Balaban J connectivity index is 1.88. The van der Waals surface area contributed by atoms with Crippen LogP contribution in [0.1, 0.15) is 33.9 Å². The van der Waals surface area contributed by atoms with Crippen molar-refractivity contribution in [2.24, 2.45) is 0 Å². The average molecular weight is 268 g/mol. The van der Waals surface area contributed by atoms with E-state index in [0.717, 1.165) is 23.3 Å². The number of benzene rings is 2. The molecule has 2 atom stereocenters. The first-order valence-corrected chi connectivity index (χ1v) is 7.06. The summed E-state index contributed by atoms with van der Waals surface area (Å²) in [7, 11) is 0. The van der Waals surface area contributed by atoms with Gasteiger partial charge in [0.2, 0.25) is 0 Å². The zero-order valence-electron chi connectivity index (χ0n) is 12.2. The van der Waals surface area contributed by atoms with Crippen molar-refractivity contribution in [1.82, 2.24) is 0 Å². The molecule has 2 nitrogen and oxygen atoms in total. The van der Waals surface area contributed by atoms with Gasteiger partial charge >= 0.3 is 0 Å². The second-order valence-electron chi connectivity index (χ2n) is 5.71. The third-order valence-corrected chi connectivity index (χ3v) is 4.23. The van der Waals surface area contributed by atoms with Gasteiger partial charge in [0.05, 0.1) is 0 Å². The quantitative estimate of drug-likeness (QED) is 0.901. The van der Waals surface area contributed by atoms with E-state index >= 15 is 0 Å². The van der Waals surface area contributed by atoms with Crippen molar-refractivity contribution in [2.45, 2.75) is 39.4 Å². The van der Waals surface area contributed by atoms with Gasteiger partial charge in [0.25, 0.3) is 0 Å². The van der Waals surface area contributed by atoms with Crippen LogP contribution < -0.4 is 4.74 Å². The fraction of sp³-hybridized carbons (Fsp3) is 0.333. The molecule has 0 aromatic heterocycles. The Morgan fingerprint density at radius 2 is 1.75 bits per heavy atom. The Labute approximate surface area is 120 Å². The Bertz CT molecular complexity index is 621. The van der Waals surface area contributed by atoms with Crippen molar-refractivity contribution < 1.29 is 9.84 Å². The molecule has 20 heavy (non-hydrogen) atoms. The maximum Gasteiger partial charge on any atom is 0.133 e. The van der Waals surface area contributed by atoms with E-state index < -0.39 is 6.10 Å². The molecule has 0 saturated heterocycles. The van der Waals surface area contributed by atoms with Crippen LogP contribution in [-0.4, -0.2) is 11.2 Å². The van der Waals surface area contributed by atoms with Crippen molar-refractivity contribution in [3.63, 3.8) is 0 Å². The van der Waals surface area contributed by atoms with Crippen LogP contribution in [0.25, 0.3) is 0 Å². The van der Waals surface area contributed by atoms with Gasteiger partial charge < -0.3 is 9.84 Å². The summed E-state index contributed by atoms with van der Waals surface area (Å²) in [4.78, 5) is 0. The van der Waals surface area contributed by atoms with E-state index in [4.69, 9.17) is 4.74 Å². The molecule has 2 aromatic rings. The molecule has 0 aliphatic carbocycles. The van der Waals surface area contributed by atoms with E-state index in [-0.39, 0.29) is 6.10 Å². The Hall–Kier alpha value is -1.80. The number of hydrogen-bond donors (Lipinski definition) is 1. The van der Waals surface area contributed by atoms with E-state index in [1.807, 2.05) is 25.1 Å². The van der Waals surface area contributed by atoms with Gasteiger partial charge in [-0.15, -0.1) is 0 Å². The lowest BCUT2D eigenvalue weighted by molar-refractivity contribution is 0.0487. The highest BCUT2D eigenvalue weighted by Gasteiger charge is 2.30. The fourth-order valence-electron chi connectivity index (χ4n) is 2.89. The van der Waals surface area contributed by atoms with Crippen molar-refractivity contribution in [1.29, 1.82) is 0 Å². The van der Waals surface area contributed by atoms with E-state index in [0.29, 0.717) is 0 Å². The van der Waals surface area contributed by atoms with E-state index in [1.165, 1.54) is 16.7 Å². The molecule has 0 bridgehead atoms. The van der Waals surface area contributed by atoms with E-state index in [2.05, 4.69) is 32.0 Å². The van der Waals surface area contributed by atoms with Crippen LogP contribution >= 0.6 is 0 Å². The monoisotopic (exact) mass is 268 g/mol. The molecule has 2 unspecified atom stereocenters. The second kappa shape index (κ2) is 4.95. The second-order valence-corrected chi connectivity index (χ2v) is 5.71. The summed E-state index contributed by atoms with van der Waals surface area (Å²) in [5.74, 6) is 0.901. The smallest absolute Gasteiger partial charge is 0.133 e. The molecule has 1 heterocycles. The first-order valence-electron chi connectivity index (χ1n) is 7.06. The highest BCUT2D eigenvalue weighted by molar-refractivity contribution is 5.41. The first-order chi connectivity index (χ1) is 9.56. The van der Waals surface area contributed by atoms with Gasteiger partial charge in [-0.3, -0.25) is 0 Å². The van der Waals surface area contributed by atoms with Gasteiger partial charge in [0.15, 0.2) is 0 Å². The minimum absolute atomic E-state index is 0.187. The van der Waals surface area contributed by atoms with Crippen LogP contribution in [0, 0.1) is 20.8 Å². The molecule has 1 aliphatic heterocycles. The molecule has 0 amide bonds. The largest absolute Gasteiger partial charge is 0.487 e. The molecule has 1 aliphatic rings. The predicted molar refractivity (Wildman–Crippen MR) is 80.2 cm³/mol. The average Bonchev–Trinajstić information content (AvgIpc) is 2.86. The number of ether oxygens (including phenoxy) is 1. The summed E-state index contributed by atoms with van der Waals surface area (Å²) in [5.41, 5.74) is 5.75.